The van der Waals surface area contributed by atoms with E-state index in [0.717, 1.165) is 5.56 Å². The van der Waals surface area contributed by atoms with Gasteiger partial charge in [-0.2, -0.15) is 9.40 Å². The van der Waals surface area contributed by atoms with E-state index in [1.165, 1.54) is 15.0 Å². The summed E-state index contributed by atoms with van der Waals surface area (Å²) in [6.45, 7) is 6.18. The smallest absolute Gasteiger partial charge is 0.259 e. The van der Waals surface area contributed by atoms with E-state index >= 15 is 0 Å². The lowest BCUT2D eigenvalue weighted by Crippen LogP contribution is -2.30. The fourth-order valence-corrected chi connectivity index (χ4v) is 5.30. The topological polar surface area (TPSA) is 117 Å². The Morgan fingerprint density at radius 3 is 2.45 bits per heavy atom. The van der Waals surface area contributed by atoms with Crippen molar-refractivity contribution in [3.63, 3.8) is 0 Å². The van der Waals surface area contributed by atoms with Gasteiger partial charge in [0.15, 0.2) is 0 Å². The predicted octanol–water partition coefficient (Wildman–Crippen LogP) is 2.70. The zero-order valence-electron chi connectivity index (χ0n) is 18.6. The minimum absolute atomic E-state index is 0.209. The molecule has 0 fully saturated rings. The van der Waals surface area contributed by atoms with Gasteiger partial charge in [0.25, 0.3) is 11.5 Å². The van der Waals surface area contributed by atoms with E-state index in [9.17, 15) is 18.0 Å². The highest BCUT2D eigenvalue weighted by molar-refractivity contribution is 7.89. The summed E-state index contributed by atoms with van der Waals surface area (Å²) in [5.74, 6) is -0.400. The molecule has 1 amide bonds. The number of carbonyl (C=O) groups is 1. The van der Waals surface area contributed by atoms with Gasteiger partial charge >= 0.3 is 0 Å². The summed E-state index contributed by atoms with van der Waals surface area (Å²) in [4.78, 5) is 28.3. The summed E-state index contributed by atoms with van der Waals surface area (Å²) in [5.41, 5.74) is 1.60. The Kier molecular flexibility index (Phi) is 6.05. The molecular formula is C23H25N5O4S. The number of carbonyl (C=O) groups excluding carboxylic acids is 1. The van der Waals surface area contributed by atoms with Gasteiger partial charge in [-0.25, -0.2) is 12.9 Å². The highest BCUT2D eigenvalue weighted by Gasteiger charge is 2.22. The number of aromatic nitrogens is 3. The van der Waals surface area contributed by atoms with Crippen molar-refractivity contribution in [2.45, 2.75) is 31.7 Å². The number of nitrogens with zero attached hydrogens (tertiary/aromatic N) is 3. The standard InChI is InChI=1S/C23H25N5O4S/c1-4-27(5-2)33(31,32)17-12-10-16(11-13-17)15(3)25-23(30)19-14-24-28-20-9-7-6-8-18(20)22(29)26-21(19)28/h6-15H,4-5H2,1-3H3,(H,25,30)(H,26,29). The van der Waals surface area contributed by atoms with Crippen LogP contribution in [0.1, 0.15) is 42.7 Å². The molecule has 2 N–H and O–H groups in total. The van der Waals surface area contributed by atoms with Crippen LogP contribution in [0.5, 0.6) is 0 Å². The van der Waals surface area contributed by atoms with Gasteiger partial charge in [-0.3, -0.25) is 9.59 Å². The summed E-state index contributed by atoms with van der Waals surface area (Å²) in [7, 11) is -3.55. The molecule has 0 bridgehead atoms. The fraction of sp³-hybridized carbons (Fsp3) is 0.261. The molecule has 4 aromatic rings. The van der Waals surface area contributed by atoms with E-state index in [2.05, 4.69) is 15.4 Å². The Bertz CT molecular complexity index is 1490. The molecule has 0 aliphatic rings. The summed E-state index contributed by atoms with van der Waals surface area (Å²) in [5, 5.41) is 7.64. The second kappa shape index (κ2) is 8.80. The molecule has 4 rings (SSSR count). The van der Waals surface area contributed by atoms with Crippen molar-refractivity contribution in [3.8, 4) is 0 Å². The molecular weight excluding hydrogens is 442 g/mol. The van der Waals surface area contributed by atoms with Gasteiger partial charge in [0.2, 0.25) is 10.0 Å². The van der Waals surface area contributed by atoms with Crippen molar-refractivity contribution in [2.24, 2.45) is 0 Å². The molecule has 0 spiro atoms. The fourth-order valence-electron chi connectivity index (χ4n) is 3.84. The first-order valence-corrected chi connectivity index (χ1v) is 12.1. The molecule has 1 atom stereocenters. The lowest BCUT2D eigenvalue weighted by Gasteiger charge is -2.19. The third kappa shape index (κ3) is 4.03. The molecule has 2 aromatic heterocycles. The Balaban J connectivity index is 1.58. The quantitative estimate of drug-likeness (QED) is 0.433. The van der Waals surface area contributed by atoms with Crippen LogP contribution in [-0.4, -0.2) is 46.3 Å². The molecule has 0 saturated heterocycles. The number of hydrogen-bond donors (Lipinski definition) is 2. The predicted molar refractivity (Wildman–Crippen MR) is 126 cm³/mol. The molecule has 0 saturated carbocycles. The van der Waals surface area contributed by atoms with Crippen molar-refractivity contribution in [3.05, 3.63) is 76.2 Å². The lowest BCUT2D eigenvalue weighted by molar-refractivity contribution is 0.0941. The first-order valence-electron chi connectivity index (χ1n) is 10.7. The van der Waals surface area contributed by atoms with Crippen molar-refractivity contribution < 1.29 is 13.2 Å². The number of amides is 1. The molecule has 0 aliphatic carbocycles. The average Bonchev–Trinajstić information content (AvgIpc) is 3.24. The number of hydrogen-bond acceptors (Lipinski definition) is 5. The average molecular weight is 468 g/mol. The van der Waals surface area contributed by atoms with Gasteiger partial charge in [0.05, 0.1) is 28.0 Å². The van der Waals surface area contributed by atoms with Crippen LogP contribution < -0.4 is 10.9 Å². The van der Waals surface area contributed by atoms with Crippen molar-refractivity contribution in [2.75, 3.05) is 13.1 Å². The zero-order valence-corrected chi connectivity index (χ0v) is 19.4. The molecule has 2 heterocycles. The molecule has 33 heavy (non-hydrogen) atoms. The Morgan fingerprint density at radius 2 is 1.79 bits per heavy atom. The van der Waals surface area contributed by atoms with Crippen LogP contribution in [0.2, 0.25) is 0 Å². The van der Waals surface area contributed by atoms with Crippen molar-refractivity contribution in [1.82, 2.24) is 24.2 Å². The number of sulfonamides is 1. The van der Waals surface area contributed by atoms with E-state index < -0.39 is 22.0 Å². The Morgan fingerprint density at radius 1 is 1.12 bits per heavy atom. The van der Waals surface area contributed by atoms with E-state index in [1.54, 1.807) is 69.3 Å². The van der Waals surface area contributed by atoms with Gasteiger partial charge < -0.3 is 10.3 Å². The third-order valence-corrected chi connectivity index (χ3v) is 7.76. The first kappa shape index (κ1) is 22.7. The third-order valence-electron chi connectivity index (χ3n) is 5.69. The number of aromatic amines is 1. The van der Waals surface area contributed by atoms with Gasteiger partial charge in [-0.15, -0.1) is 0 Å². The van der Waals surface area contributed by atoms with Crippen molar-refractivity contribution >= 4 is 32.5 Å². The minimum Gasteiger partial charge on any atom is -0.345 e. The van der Waals surface area contributed by atoms with Crippen LogP contribution in [-0.2, 0) is 10.0 Å². The highest BCUT2D eigenvalue weighted by Crippen LogP contribution is 2.20. The highest BCUT2D eigenvalue weighted by atomic mass is 32.2. The van der Waals surface area contributed by atoms with Crippen molar-refractivity contribution in [1.29, 1.82) is 0 Å². The number of para-hydroxylation sites is 1. The molecule has 9 nitrogen and oxygen atoms in total. The molecule has 10 heteroatoms. The number of H-pyrrole nitrogens is 1. The minimum atomic E-state index is -3.55. The zero-order chi connectivity index (χ0) is 23.8. The molecule has 2 aromatic carbocycles. The lowest BCUT2D eigenvalue weighted by atomic mass is 10.1. The van der Waals surface area contributed by atoms with Crippen LogP contribution >= 0.6 is 0 Å². The van der Waals surface area contributed by atoms with Crippen LogP contribution in [0.3, 0.4) is 0 Å². The maximum atomic E-state index is 13.0. The van der Waals surface area contributed by atoms with Gasteiger partial charge in [0, 0.05) is 13.1 Å². The number of benzene rings is 2. The molecule has 172 valence electrons. The van der Waals surface area contributed by atoms with Crippen LogP contribution in [0.15, 0.2) is 64.4 Å². The maximum absolute atomic E-state index is 13.0. The van der Waals surface area contributed by atoms with E-state index in [4.69, 9.17) is 0 Å². The normalized spacial score (nSPS) is 13.0. The largest absolute Gasteiger partial charge is 0.345 e. The number of rotatable bonds is 7. The Hall–Kier alpha value is -3.50. The van der Waals surface area contributed by atoms with Crippen LogP contribution in [0.25, 0.3) is 16.6 Å². The number of nitrogens with one attached hydrogen (secondary N) is 2. The molecule has 1 unspecified atom stereocenters. The SMILES string of the molecule is CCN(CC)S(=O)(=O)c1ccc(C(C)NC(=O)c2cnn3c2[nH]c(=O)c2ccccc23)cc1. The van der Waals surface area contributed by atoms with Gasteiger partial charge in [-0.1, -0.05) is 38.1 Å². The van der Waals surface area contributed by atoms with E-state index in [-0.39, 0.29) is 16.0 Å². The van der Waals surface area contributed by atoms with Gasteiger partial charge in [-0.05, 0) is 36.8 Å². The summed E-state index contributed by atoms with van der Waals surface area (Å²) >= 11 is 0. The van der Waals surface area contributed by atoms with E-state index in [0.29, 0.717) is 29.6 Å². The Labute approximate surface area is 191 Å². The number of fused-ring (bicyclic) bond motifs is 3. The van der Waals surface area contributed by atoms with Gasteiger partial charge in [0.1, 0.15) is 11.2 Å². The summed E-state index contributed by atoms with van der Waals surface area (Å²) < 4.78 is 28.3. The van der Waals surface area contributed by atoms with Crippen LogP contribution in [0, 0.1) is 0 Å². The second-order valence-corrected chi connectivity index (χ2v) is 9.58. The second-order valence-electron chi connectivity index (χ2n) is 7.64. The first-order chi connectivity index (χ1) is 15.8. The van der Waals surface area contributed by atoms with Crippen LogP contribution in [0.4, 0.5) is 0 Å². The molecule has 0 radical (unpaired) electrons. The van der Waals surface area contributed by atoms with E-state index in [1.807, 2.05) is 0 Å². The summed E-state index contributed by atoms with van der Waals surface area (Å²) in [6, 6.07) is 13.1. The monoisotopic (exact) mass is 467 g/mol. The maximum Gasteiger partial charge on any atom is 0.259 e. The summed E-state index contributed by atoms with van der Waals surface area (Å²) in [6.07, 6.45) is 1.42. The molecule has 0 aliphatic heterocycles.